The zero-order chi connectivity index (χ0) is 11.5. The van der Waals surface area contributed by atoms with Crippen molar-refractivity contribution in [3.05, 3.63) is 24.3 Å². The molecule has 1 rings (SSSR count). The molecule has 0 atom stereocenters. The number of anilines is 1. The summed E-state index contributed by atoms with van der Waals surface area (Å²) in [5.41, 5.74) is 5.91. The molecule has 2 N–H and O–H groups in total. The van der Waals surface area contributed by atoms with Gasteiger partial charge in [-0.1, -0.05) is 6.07 Å². The van der Waals surface area contributed by atoms with Crippen molar-refractivity contribution < 1.29 is 8.42 Å². The highest BCUT2D eigenvalue weighted by atomic mass is 35.5. The Morgan fingerprint density at radius 1 is 1.27 bits per heavy atom. The van der Waals surface area contributed by atoms with Gasteiger partial charge >= 0.3 is 0 Å². The first-order valence-electron chi connectivity index (χ1n) is 4.23. The van der Waals surface area contributed by atoms with Gasteiger partial charge in [0, 0.05) is 17.4 Å². The third-order valence-corrected chi connectivity index (χ3v) is 5.20. The van der Waals surface area contributed by atoms with Crippen molar-refractivity contribution in [1.82, 2.24) is 0 Å². The molecule has 0 saturated heterocycles. The zero-order valence-corrected chi connectivity index (χ0v) is 10.2. The van der Waals surface area contributed by atoms with Gasteiger partial charge in [0.2, 0.25) is 0 Å². The number of rotatable bonds is 4. The maximum atomic E-state index is 11.9. The Bertz CT molecular complexity index is 429. The minimum Gasteiger partial charge on any atom is -0.399 e. The lowest BCUT2D eigenvalue weighted by atomic mass is 10.3. The van der Waals surface area contributed by atoms with E-state index >= 15 is 0 Å². The van der Waals surface area contributed by atoms with Crippen LogP contribution in [-0.2, 0) is 9.84 Å². The molecule has 84 valence electrons. The fraction of sp³-hybridized carbons (Fsp3) is 0.333. The predicted molar refractivity (Wildman–Crippen MR) is 63.3 cm³/mol. The van der Waals surface area contributed by atoms with Gasteiger partial charge in [-0.15, -0.1) is 23.2 Å². The van der Waals surface area contributed by atoms with Gasteiger partial charge in [0.25, 0.3) is 0 Å². The van der Waals surface area contributed by atoms with Crippen LogP contribution in [0.5, 0.6) is 0 Å². The molecule has 0 radical (unpaired) electrons. The number of nitrogens with two attached hydrogens (primary N) is 1. The minimum absolute atomic E-state index is 0.0272. The van der Waals surface area contributed by atoms with Gasteiger partial charge < -0.3 is 5.73 Å². The largest absolute Gasteiger partial charge is 0.399 e. The van der Waals surface area contributed by atoms with Crippen molar-refractivity contribution in [2.45, 2.75) is 10.1 Å². The van der Waals surface area contributed by atoms with Gasteiger partial charge in [-0.05, 0) is 18.2 Å². The normalized spacial score (nSPS) is 11.9. The van der Waals surface area contributed by atoms with Gasteiger partial charge in [-0.2, -0.15) is 0 Å². The third kappa shape index (κ3) is 2.77. The molecule has 0 aromatic heterocycles. The second-order valence-electron chi connectivity index (χ2n) is 3.05. The van der Waals surface area contributed by atoms with Crippen LogP contribution >= 0.6 is 23.2 Å². The van der Waals surface area contributed by atoms with E-state index in [1.165, 1.54) is 12.1 Å². The summed E-state index contributed by atoms with van der Waals surface area (Å²) in [4.78, 5) is 0.161. The molecule has 6 heteroatoms. The number of alkyl halides is 2. The van der Waals surface area contributed by atoms with Crippen molar-refractivity contribution in [2.75, 3.05) is 17.5 Å². The van der Waals surface area contributed by atoms with E-state index in [-0.39, 0.29) is 16.7 Å². The van der Waals surface area contributed by atoms with Crippen LogP contribution in [0.15, 0.2) is 29.2 Å². The molecular formula is C9H11Cl2NO2S. The lowest BCUT2D eigenvalue weighted by molar-refractivity contribution is 0.588. The summed E-state index contributed by atoms with van der Waals surface area (Å²) in [6.45, 7) is 0. The minimum atomic E-state index is -3.47. The number of nitrogen functional groups attached to an aromatic ring is 1. The van der Waals surface area contributed by atoms with Crippen LogP contribution in [0.25, 0.3) is 0 Å². The van der Waals surface area contributed by atoms with E-state index in [1.807, 2.05) is 0 Å². The molecule has 15 heavy (non-hydrogen) atoms. The van der Waals surface area contributed by atoms with Gasteiger partial charge in [0.1, 0.15) is 0 Å². The van der Waals surface area contributed by atoms with E-state index < -0.39 is 15.1 Å². The first kappa shape index (κ1) is 12.6. The Labute approximate surface area is 99.1 Å². The molecule has 0 spiro atoms. The lowest BCUT2D eigenvalue weighted by Crippen LogP contribution is -2.25. The summed E-state index contributed by atoms with van der Waals surface area (Å²) in [6.07, 6.45) is 0. The second kappa shape index (κ2) is 5.05. The Kier molecular flexibility index (Phi) is 4.25. The quantitative estimate of drug-likeness (QED) is 0.670. The maximum absolute atomic E-state index is 11.9. The van der Waals surface area contributed by atoms with Gasteiger partial charge in [-0.25, -0.2) is 8.42 Å². The standard InChI is InChI=1S/C9H11Cl2NO2S/c10-5-9(6-11)15(13,14)8-3-1-2-7(12)4-8/h1-4,9H,5-6,12H2. The number of halogens is 2. The maximum Gasteiger partial charge on any atom is 0.183 e. The molecule has 0 fully saturated rings. The summed E-state index contributed by atoms with van der Waals surface area (Å²) < 4.78 is 23.8. The smallest absolute Gasteiger partial charge is 0.183 e. The Hall–Kier alpha value is -0.450. The van der Waals surface area contributed by atoms with E-state index in [4.69, 9.17) is 28.9 Å². The molecule has 0 aliphatic carbocycles. The van der Waals surface area contributed by atoms with Crippen LogP contribution in [-0.4, -0.2) is 25.4 Å². The third-order valence-electron chi connectivity index (χ3n) is 1.97. The van der Waals surface area contributed by atoms with Crippen molar-refractivity contribution >= 4 is 38.7 Å². The highest BCUT2D eigenvalue weighted by Crippen LogP contribution is 2.20. The Balaban J connectivity index is 3.16. The molecule has 0 aliphatic rings. The van der Waals surface area contributed by atoms with Crippen LogP contribution < -0.4 is 5.73 Å². The van der Waals surface area contributed by atoms with Gasteiger partial charge in [0.05, 0.1) is 10.1 Å². The van der Waals surface area contributed by atoms with Crippen LogP contribution in [0.4, 0.5) is 5.69 Å². The van der Waals surface area contributed by atoms with Crippen molar-refractivity contribution in [3.8, 4) is 0 Å². The summed E-state index contributed by atoms with van der Waals surface area (Å²) in [6, 6.07) is 6.09. The van der Waals surface area contributed by atoms with E-state index in [0.29, 0.717) is 5.69 Å². The number of benzene rings is 1. The van der Waals surface area contributed by atoms with Crippen LogP contribution in [0.1, 0.15) is 0 Å². The zero-order valence-electron chi connectivity index (χ0n) is 7.86. The summed E-state index contributed by atoms with van der Waals surface area (Å²) in [5, 5.41) is -0.775. The Morgan fingerprint density at radius 3 is 2.33 bits per heavy atom. The van der Waals surface area contributed by atoms with E-state index in [9.17, 15) is 8.42 Å². The fourth-order valence-corrected chi connectivity index (χ4v) is 3.70. The molecule has 0 amide bonds. The molecule has 0 saturated carbocycles. The molecule has 0 unspecified atom stereocenters. The number of hydrogen-bond donors (Lipinski definition) is 1. The molecule has 3 nitrogen and oxygen atoms in total. The average Bonchev–Trinajstić information content (AvgIpc) is 2.19. The topological polar surface area (TPSA) is 60.2 Å². The molecule has 0 bridgehead atoms. The summed E-state index contributed by atoms with van der Waals surface area (Å²) in [7, 11) is -3.47. The first-order valence-corrected chi connectivity index (χ1v) is 6.85. The number of hydrogen-bond acceptors (Lipinski definition) is 3. The summed E-state index contributed by atoms with van der Waals surface area (Å²) in [5.74, 6) is -0.0543. The van der Waals surface area contributed by atoms with Crippen molar-refractivity contribution in [3.63, 3.8) is 0 Å². The highest BCUT2D eigenvalue weighted by Gasteiger charge is 2.25. The average molecular weight is 268 g/mol. The molecule has 0 aliphatic heterocycles. The molecule has 1 aromatic rings. The van der Waals surface area contributed by atoms with E-state index in [2.05, 4.69) is 0 Å². The number of sulfone groups is 1. The first-order chi connectivity index (χ1) is 7.02. The predicted octanol–water partition coefficient (Wildman–Crippen LogP) is 1.89. The summed E-state index contributed by atoms with van der Waals surface area (Å²) >= 11 is 11.1. The molecule has 1 aromatic carbocycles. The van der Waals surface area contributed by atoms with Crippen LogP contribution in [0.2, 0.25) is 0 Å². The van der Waals surface area contributed by atoms with Gasteiger partial charge in [0.15, 0.2) is 9.84 Å². The van der Waals surface area contributed by atoms with Crippen LogP contribution in [0.3, 0.4) is 0 Å². The molecular weight excluding hydrogens is 257 g/mol. The fourth-order valence-electron chi connectivity index (χ4n) is 1.09. The van der Waals surface area contributed by atoms with E-state index in [1.54, 1.807) is 12.1 Å². The van der Waals surface area contributed by atoms with E-state index in [0.717, 1.165) is 0 Å². The van der Waals surface area contributed by atoms with Crippen LogP contribution in [0, 0.1) is 0 Å². The Morgan fingerprint density at radius 2 is 1.87 bits per heavy atom. The second-order valence-corrected chi connectivity index (χ2v) is 5.89. The SMILES string of the molecule is Nc1cccc(S(=O)(=O)C(CCl)CCl)c1. The lowest BCUT2D eigenvalue weighted by Gasteiger charge is -2.12. The molecule has 0 heterocycles. The highest BCUT2D eigenvalue weighted by molar-refractivity contribution is 7.92. The van der Waals surface area contributed by atoms with Crippen molar-refractivity contribution in [1.29, 1.82) is 0 Å². The monoisotopic (exact) mass is 267 g/mol. The van der Waals surface area contributed by atoms with Gasteiger partial charge in [-0.3, -0.25) is 0 Å². The van der Waals surface area contributed by atoms with Crippen molar-refractivity contribution in [2.24, 2.45) is 0 Å².